The quantitative estimate of drug-likeness (QED) is 0.812. The predicted molar refractivity (Wildman–Crippen MR) is 71.0 cm³/mol. The van der Waals surface area contributed by atoms with Crippen molar-refractivity contribution in [1.29, 1.82) is 0 Å². The summed E-state index contributed by atoms with van der Waals surface area (Å²) in [5, 5.41) is 4.62. The summed E-state index contributed by atoms with van der Waals surface area (Å²) < 4.78 is 13.1. The van der Waals surface area contributed by atoms with Gasteiger partial charge < -0.3 is 9.47 Å². The molecule has 0 radical (unpaired) electrons. The van der Waals surface area contributed by atoms with E-state index in [1.165, 1.54) is 5.69 Å². The molecule has 2 saturated heterocycles. The van der Waals surface area contributed by atoms with E-state index in [1.54, 1.807) is 0 Å². The number of nitrogens with zero attached hydrogens (tertiary/aromatic N) is 2. The number of hydrogen-bond donors (Lipinski definition) is 0. The maximum absolute atomic E-state index is 5.47. The molecule has 3 rings (SSSR count). The first kappa shape index (κ1) is 13.6. The number of hydrogen-bond acceptors (Lipinski definition) is 3. The molecule has 0 saturated carbocycles. The van der Waals surface area contributed by atoms with Crippen LogP contribution in [0.15, 0.2) is 6.07 Å². The summed E-state index contributed by atoms with van der Waals surface area (Å²) in [6.07, 6.45) is 2.21. The third kappa shape index (κ3) is 2.75. The second-order valence-corrected chi connectivity index (χ2v) is 4.73. The Balaban J connectivity index is 0.000000574. The lowest BCUT2D eigenvalue weighted by molar-refractivity contribution is 0.181. The molecule has 2 fully saturated rings. The van der Waals surface area contributed by atoms with Gasteiger partial charge in [-0.25, -0.2) is 0 Å². The highest BCUT2D eigenvalue weighted by atomic mass is 16.5. The molecule has 0 amide bonds. The Kier molecular flexibility index (Phi) is 4.78. The minimum absolute atomic E-state index is 0.435. The molecule has 0 spiro atoms. The van der Waals surface area contributed by atoms with Crippen molar-refractivity contribution in [3.05, 3.63) is 17.5 Å². The Hall–Kier alpha value is -0.870. The molecule has 3 heterocycles. The van der Waals surface area contributed by atoms with Crippen molar-refractivity contribution in [2.45, 2.75) is 45.6 Å². The maximum Gasteiger partial charge on any atom is 0.0777 e. The highest BCUT2D eigenvalue weighted by Crippen LogP contribution is 2.30. The molecule has 2 aliphatic heterocycles. The van der Waals surface area contributed by atoms with Gasteiger partial charge in [-0.2, -0.15) is 5.10 Å². The van der Waals surface area contributed by atoms with Crippen LogP contribution in [0.3, 0.4) is 0 Å². The molecule has 0 aromatic carbocycles. The van der Waals surface area contributed by atoms with Gasteiger partial charge in [-0.15, -0.1) is 0 Å². The van der Waals surface area contributed by atoms with Crippen LogP contribution in [0.2, 0.25) is 0 Å². The van der Waals surface area contributed by atoms with Crippen molar-refractivity contribution >= 4 is 0 Å². The molecule has 2 atom stereocenters. The number of ether oxygens (including phenoxy) is 2. The Labute approximate surface area is 109 Å². The molecule has 4 nitrogen and oxygen atoms in total. The van der Waals surface area contributed by atoms with E-state index >= 15 is 0 Å². The molecule has 1 aromatic rings. The van der Waals surface area contributed by atoms with Crippen LogP contribution in [0.5, 0.6) is 0 Å². The van der Waals surface area contributed by atoms with Crippen molar-refractivity contribution in [3.8, 4) is 0 Å². The minimum atomic E-state index is 0.435. The molecular weight excluding hydrogens is 228 g/mol. The van der Waals surface area contributed by atoms with Crippen LogP contribution in [0.1, 0.15) is 50.0 Å². The predicted octanol–water partition coefficient (Wildman–Crippen LogP) is 2.68. The zero-order valence-corrected chi connectivity index (χ0v) is 11.7. The first-order valence-electron chi connectivity index (χ1n) is 7.06. The molecule has 18 heavy (non-hydrogen) atoms. The van der Waals surface area contributed by atoms with Crippen molar-refractivity contribution in [2.75, 3.05) is 26.4 Å². The largest absolute Gasteiger partial charge is 0.381 e. The third-order valence-electron chi connectivity index (χ3n) is 3.49. The molecule has 0 bridgehead atoms. The van der Waals surface area contributed by atoms with Crippen LogP contribution in [0.4, 0.5) is 0 Å². The van der Waals surface area contributed by atoms with Gasteiger partial charge in [-0.05, 0) is 25.8 Å². The van der Waals surface area contributed by atoms with Crippen molar-refractivity contribution in [1.82, 2.24) is 9.78 Å². The lowest BCUT2D eigenvalue weighted by Crippen LogP contribution is -2.16. The first-order chi connectivity index (χ1) is 8.84. The Morgan fingerprint density at radius 3 is 2.50 bits per heavy atom. The average Bonchev–Trinajstić information content (AvgIpc) is 3.12. The lowest BCUT2D eigenvalue weighted by atomic mass is 10.0. The summed E-state index contributed by atoms with van der Waals surface area (Å²) in [4.78, 5) is 0. The fourth-order valence-corrected chi connectivity index (χ4v) is 2.62. The lowest BCUT2D eigenvalue weighted by Gasteiger charge is -2.16. The third-order valence-corrected chi connectivity index (χ3v) is 3.49. The zero-order valence-electron chi connectivity index (χ0n) is 11.7. The van der Waals surface area contributed by atoms with E-state index in [4.69, 9.17) is 9.47 Å². The van der Waals surface area contributed by atoms with Gasteiger partial charge in [-0.1, -0.05) is 13.8 Å². The van der Waals surface area contributed by atoms with Gasteiger partial charge in [-0.3, -0.25) is 4.68 Å². The fraction of sp³-hybridized carbons (Fsp3) is 0.786. The highest BCUT2D eigenvalue weighted by Gasteiger charge is 2.27. The van der Waals surface area contributed by atoms with Crippen LogP contribution >= 0.6 is 0 Å². The van der Waals surface area contributed by atoms with Crippen molar-refractivity contribution < 1.29 is 9.47 Å². The molecule has 2 aliphatic rings. The normalized spacial score (nSPS) is 27.1. The average molecular weight is 252 g/mol. The fourth-order valence-electron chi connectivity index (χ4n) is 2.62. The topological polar surface area (TPSA) is 36.3 Å². The summed E-state index contributed by atoms with van der Waals surface area (Å²) in [5.41, 5.74) is 2.44. The molecule has 0 N–H and O–H groups in total. The van der Waals surface area contributed by atoms with Gasteiger partial charge in [0.05, 0.1) is 24.9 Å². The van der Waals surface area contributed by atoms with Gasteiger partial charge in [0.25, 0.3) is 0 Å². The van der Waals surface area contributed by atoms with Gasteiger partial charge >= 0.3 is 0 Å². The first-order valence-corrected chi connectivity index (χ1v) is 7.06. The smallest absolute Gasteiger partial charge is 0.0777 e. The van der Waals surface area contributed by atoms with Crippen LogP contribution in [-0.2, 0) is 9.47 Å². The Bertz CT molecular complexity index is 330. The number of aromatic nitrogens is 2. The number of aryl methyl sites for hydroxylation is 1. The SMILES string of the molecule is CC.Cc1cc(C2CCOC2)n(C2CCOC2)n1. The van der Waals surface area contributed by atoms with Crippen LogP contribution in [0.25, 0.3) is 0 Å². The molecule has 2 unspecified atom stereocenters. The molecule has 102 valence electrons. The summed E-state index contributed by atoms with van der Waals surface area (Å²) in [6, 6.07) is 2.64. The van der Waals surface area contributed by atoms with Crippen LogP contribution < -0.4 is 0 Å². The zero-order chi connectivity index (χ0) is 13.0. The van der Waals surface area contributed by atoms with Gasteiger partial charge in [0.15, 0.2) is 0 Å². The van der Waals surface area contributed by atoms with Crippen molar-refractivity contribution in [2.24, 2.45) is 0 Å². The minimum Gasteiger partial charge on any atom is -0.381 e. The summed E-state index contributed by atoms with van der Waals surface area (Å²) in [6.45, 7) is 9.46. The Morgan fingerprint density at radius 2 is 1.89 bits per heavy atom. The van der Waals surface area contributed by atoms with E-state index in [0.717, 1.165) is 45.0 Å². The van der Waals surface area contributed by atoms with Gasteiger partial charge in [0.1, 0.15) is 0 Å². The van der Waals surface area contributed by atoms with Crippen LogP contribution in [0, 0.1) is 6.92 Å². The van der Waals surface area contributed by atoms with E-state index in [2.05, 4.69) is 22.8 Å². The van der Waals surface area contributed by atoms with Gasteiger partial charge in [0.2, 0.25) is 0 Å². The van der Waals surface area contributed by atoms with E-state index in [0.29, 0.717) is 12.0 Å². The maximum atomic E-state index is 5.47. The number of rotatable bonds is 2. The monoisotopic (exact) mass is 252 g/mol. The summed E-state index contributed by atoms with van der Waals surface area (Å²) in [7, 11) is 0. The van der Waals surface area contributed by atoms with Crippen LogP contribution in [-0.4, -0.2) is 36.2 Å². The second-order valence-electron chi connectivity index (χ2n) is 4.73. The molecular formula is C14H24N2O2. The standard InChI is InChI=1S/C12H18N2O2.C2H6/c1-9-6-12(10-2-4-15-7-10)14(13-9)11-3-5-16-8-11;1-2/h6,10-11H,2-5,7-8H2,1H3;1-2H3. The molecule has 1 aromatic heterocycles. The van der Waals surface area contributed by atoms with E-state index in [-0.39, 0.29) is 0 Å². The summed E-state index contributed by atoms with van der Waals surface area (Å²) in [5.74, 6) is 0.529. The van der Waals surface area contributed by atoms with Crippen molar-refractivity contribution in [3.63, 3.8) is 0 Å². The Morgan fingerprint density at radius 1 is 1.17 bits per heavy atom. The molecule has 0 aliphatic carbocycles. The van der Waals surface area contributed by atoms with E-state index in [9.17, 15) is 0 Å². The van der Waals surface area contributed by atoms with E-state index < -0.39 is 0 Å². The highest BCUT2D eigenvalue weighted by molar-refractivity contribution is 5.16. The van der Waals surface area contributed by atoms with E-state index in [1.807, 2.05) is 13.8 Å². The van der Waals surface area contributed by atoms with Gasteiger partial charge in [0, 0.05) is 24.8 Å². The summed E-state index contributed by atoms with van der Waals surface area (Å²) >= 11 is 0. The second kappa shape index (κ2) is 6.34. The molecule has 4 heteroatoms.